The molecular formula is C31H49NO8. The van der Waals surface area contributed by atoms with Crippen molar-refractivity contribution in [1.82, 2.24) is 0 Å². The average molecular weight is 564 g/mol. The zero-order valence-electron chi connectivity index (χ0n) is 24.9. The first-order chi connectivity index (χ1) is 19.4. The van der Waals surface area contributed by atoms with Crippen LogP contribution in [0.3, 0.4) is 0 Å². The number of carbonyl (C=O) groups is 3. The molecule has 0 radical (unpaired) electrons. The highest BCUT2D eigenvalue weighted by Crippen LogP contribution is 2.27. The van der Waals surface area contributed by atoms with E-state index >= 15 is 0 Å². The van der Waals surface area contributed by atoms with Gasteiger partial charge in [-0.15, -0.1) is 0 Å². The second-order valence-electron chi connectivity index (χ2n) is 9.42. The van der Waals surface area contributed by atoms with Crippen molar-refractivity contribution in [2.75, 3.05) is 38.9 Å². The molecule has 0 aliphatic carbocycles. The summed E-state index contributed by atoms with van der Waals surface area (Å²) in [6, 6.07) is 4.56. The lowest BCUT2D eigenvalue weighted by molar-refractivity contribution is -0.147. The number of methoxy groups -OCH3 is 1. The van der Waals surface area contributed by atoms with Gasteiger partial charge >= 0.3 is 17.9 Å². The molecule has 1 aromatic rings. The lowest BCUT2D eigenvalue weighted by Gasteiger charge is -2.15. The van der Waals surface area contributed by atoms with E-state index in [9.17, 15) is 14.4 Å². The third-order valence-corrected chi connectivity index (χ3v) is 6.11. The van der Waals surface area contributed by atoms with Crippen molar-refractivity contribution >= 4 is 23.6 Å². The highest BCUT2D eigenvalue weighted by molar-refractivity contribution is 5.92. The van der Waals surface area contributed by atoms with Gasteiger partial charge < -0.3 is 29.0 Å². The van der Waals surface area contributed by atoms with Crippen LogP contribution in [0.4, 0.5) is 5.69 Å². The van der Waals surface area contributed by atoms with Gasteiger partial charge in [-0.3, -0.25) is 0 Å². The average Bonchev–Trinajstić information content (AvgIpc) is 2.94. The fourth-order valence-electron chi connectivity index (χ4n) is 4.00. The maximum atomic E-state index is 12.5. The van der Waals surface area contributed by atoms with E-state index in [0.717, 1.165) is 19.3 Å². The topological polar surface area (TPSA) is 109 Å². The number of carbonyl (C=O) groups excluding carboxylic acids is 3. The summed E-state index contributed by atoms with van der Waals surface area (Å²) in [5.74, 6) is -1.31. The van der Waals surface area contributed by atoms with E-state index in [4.69, 9.17) is 23.7 Å². The smallest absolute Gasteiger partial charge is 0.344 e. The number of benzene rings is 1. The number of ether oxygens (including phenoxy) is 5. The Balaban J connectivity index is 2.38. The van der Waals surface area contributed by atoms with Crippen LogP contribution < -0.4 is 10.1 Å². The summed E-state index contributed by atoms with van der Waals surface area (Å²) in [6.45, 7) is 6.07. The zero-order chi connectivity index (χ0) is 29.4. The lowest BCUT2D eigenvalue weighted by Crippen LogP contribution is -2.17. The van der Waals surface area contributed by atoms with E-state index in [0.29, 0.717) is 24.7 Å². The molecule has 1 aromatic carbocycles. The molecule has 40 heavy (non-hydrogen) atoms. The second-order valence-corrected chi connectivity index (χ2v) is 9.42. The van der Waals surface area contributed by atoms with Gasteiger partial charge in [0.2, 0.25) is 0 Å². The summed E-state index contributed by atoms with van der Waals surface area (Å²) >= 11 is 0. The van der Waals surface area contributed by atoms with Crippen LogP contribution >= 0.6 is 0 Å². The molecule has 0 heterocycles. The highest BCUT2D eigenvalue weighted by atomic mass is 16.6. The molecule has 0 unspecified atom stereocenters. The van der Waals surface area contributed by atoms with Crippen LogP contribution in [0, 0.1) is 0 Å². The normalized spacial score (nSPS) is 11.1. The molecule has 226 valence electrons. The van der Waals surface area contributed by atoms with Crippen LogP contribution in [-0.2, 0) is 28.5 Å². The minimum Gasteiger partial charge on any atom is -0.495 e. The first kappa shape index (κ1) is 34.8. The first-order valence-electron chi connectivity index (χ1n) is 14.7. The Bertz CT molecular complexity index is 899. The van der Waals surface area contributed by atoms with Crippen LogP contribution in [0.15, 0.2) is 30.2 Å². The van der Waals surface area contributed by atoms with E-state index in [-0.39, 0.29) is 18.1 Å². The maximum Gasteiger partial charge on any atom is 0.344 e. The van der Waals surface area contributed by atoms with Crippen molar-refractivity contribution in [3.05, 3.63) is 35.7 Å². The molecule has 0 atom stereocenters. The Hall–Kier alpha value is -3.23. The summed E-state index contributed by atoms with van der Waals surface area (Å²) in [5.41, 5.74) is 0.555. The summed E-state index contributed by atoms with van der Waals surface area (Å²) in [6.07, 6.45) is 15.9. The molecule has 9 heteroatoms. The Morgan fingerprint density at radius 2 is 1.35 bits per heavy atom. The summed E-state index contributed by atoms with van der Waals surface area (Å²) in [5, 5.41) is 2.93. The molecule has 0 spiro atoms. The number of unbranched alkanes of at least 4 members (excludes halogenated alkanes) is 11. The summed E-state index contributed by atoms with van der Waals surface area (Å²) < 4.78 is 26.0. The molecule has 1 N–H and O–H groups in total. The summed E-state index contributed by atoms with van der Waals surface area (Å²) in [4.78, 5) is 36.4. The Labute approximate surface area is 239 Å². The van der Waals surface area contributed by atoms with E-state index < -0.39 is 24.5 Å². The van der Waals surface area contributed by atoms with Gasteiger partial charge in [0.05, 0.1) is 44.3 Å². The molecule has 0 saturated carbocycles. The monoisotopic (exact) mass is 563 g/mol. The van der Waals surface area contributed by atoms with Gasteiger partial charge in [0, 0.05) is 0 Å². The molecule has 0 aromatic heterocycles. The van der Waals surface area contributed by atoms with Gasteiger partial charge in [0.1, 0.15) is 5.75 Å². The Morgan fingerprint density at radius 1 is 0.750 bits per heavy atom. The van der Waals surface area contributed by atoms with Crippen LogP contribution in [0.5, 0.6) is 5.75 Å². The van der Waals surface area contributed by atoms with Crippen molar-refractivity contribution in [2.45, 2.75) is 97.8 Å². The molecule has 0 amide bonds. The number of anilines is 1. The molecular weight excluding hydrogens is 514 g/mol. The van der Waals surface area contributed by atoms with Crippen molar-refractivity contribution in [3.8, 4) is 5.75 Å². The number of hydrogen-bond donors (Lipinski definition) is 1. The molecule has 0 bridgehead atoms. The third-order valence-electron chi connectivity index (χ3n) is 6.11. The second kappa shape index (κ2) is 22.6. The fourth-order valence-corrected chi connectivity index (χ4v) is 4.00. The Morgan fingerprint density at radius 3 is 1.93 bits per heavy atom. The van der Waals surface area contributed by atoms with Gasteiger partial charge in [-0.2, -0.15) is 0 Å². The van der Waals surface area contributed by atoms with Crippen LogP contribution in [0.1, 0.15) is 108 Å². The zero-order valence-corrected chi connectivity index (χ0v) is 24.9. The van der Waals surface area contributed by atoms with E-state index in [1.165, 1.54) is 83.1 Å². The molecule has 9 nitrogen and oxygen atoms in total. The molecule has 0 aliphatic rings. The van der Waals surface area contributed by atoms with E-state index in [1.54, 1.807) is 19.9 Å². The van der Waals surface area contributed by atoms with Crippen molar-refractivity contribution in [3.63, 3.8) is 0 Å². The van der Waals surface area contributed by atoms with E-state index in [2.05, 4.69) is 12.2 Å². The number of hydrogen-bond acceptors (Lipinski definition) is 9. The number of rotatable bonds is 23. The molecule has 0 fully saturated rings. The molecule has 0 aliphatic heterocycles. The van der Waals surface area contributed by atoms with Gasteiger partial charge in [-0.1, -0.05) is 77.6 Å². The minimum absolute atomic E-state index is 0.131. The largest absolute Gasteiger partial charge is 0.495 e. The Kier molecular flexibility index (Phi) is 19.6. The quantitative estimate of drug-likeness (QED) is 0.0497. The predicted octanol–water partition coefficient (Wildman–Crippen LogP) is 6.95. The van der Waals surface area contributed by atoms with Crippen LogP contribution in [-0.4, -0.2) is 51.4 Å². The lowest BCUT2D eigenvalue weighted by atomic mass is 10.1. The third kappa shape index (κ3) is 16.0. The van der Waals surface area contributed by atoms with Crippen molar-refractivity contribution in [1.29, 1.82) is 0 Å². The standard InChI is InChI=1S/C31H49NO8/c1-5-8-9-10-11-12-13-14-15-16-17-18-21-39-30(34)24-40-31(35)25-19-20-27(36-4)26(22-25)32-28(37-6-2)23-29(33)38-7-3/h19-20,22-23,32H,5-18,21,24H2,1-4H3. The number of esters is 3. The SMILES string of the molecule is CCCCCCCCCCCCCCOC(=O)COC(=O)c1ccc(OC)c(NC(=CC(=O)OCC)OCC)c1. The number of nitrogens with one attached hydrogen (secondary N) is 1. The first-order valence-corrected chi connectivity index (χ1v) is 14.7. The van der Waals surface area contributed by atoms with Crippen molar-refractivity contribution in [2.24, 2.45) is 0 Å². The molecule has 1 rings (SSSR count). The summed E-state index contributed by atoms with van der Waals surface area (Å²) in [7, 11) is 1.47. The highest BCUT2D eigenvalue weighted by Gasteiger charge is 2.15. The van der Waals surface area contributed by atoms with E-state index in [1.807, 2.05) is 0 Å². The van der Waals surface area contributed by atoms with Crippen LogP contribution in [0.25, 0.3) is 0 Å². The predicted molar refractivity (Wildman–Crippen MR) is 155 cm³/mol. The molecule has 0 saturated heterocycles. The van der Waals surface area contributed by atoms with Gasteiger partial charge in [0.25, 0.3) is 0 Å². The van der Waals surface area contributed by atoms with Crippen LogP contribution in [0.2, 0.25) is 0 Å². The fraction of sp³-hybridized carbons (Fsp3) is 0.645. The maximum absolute atomic E-state index is 12.5. The van der Waals surface area contributed by atoms with Gasteiger partial charge in [-0.25, -0.2) is 14.4 Å². The minimum atomic E-state index is -0.694. The van der Waals surface area contributed by atoms with Gasteiger partial charge in [0.15, 0.2) is 12.5 Å². The van der Waals surface area contributed by atoms with Crippen molar-refractivity contribution < 1.29 is 38.1 Å². The van der Waals surface area contributed by atoms with Gasteiger partial charge in [-0.05, 0) is 38.5 Å².